The van der Waals surface area contributed by atoms with Crippen molar-refractivity contribution in [2.75, 3.05) is 26.8 Å². The Morgan fingerprint density at radius 3 is 2.96 bits per heavy atom. The highest BCUT2D eigenvalue weighted by molar-refractivity contribution is 7.11. The van der Waals surface area contributed by atoms with Gasteiger partial charge in [0.15, 0.2) is 11.5 Å². The summed E-state index contributed by atoms with van der Waals surface area (Å²) < 4.78 is 11.3. The van der Waals surface area contributed by atoms with Crippen LogP contribution in [0.5, 0.6) is 11.5 Å². The van der Waals surface area contributed by atoms with Gasteiger partial charge in [0.05, 0.1) is 31.9 Å². The summed E-state index contributed by atoms with van der Waals surface area (Å²) in [7, 11) is 1.59. The zero-order valence-corrected chi connectivity index (χ0v) is 15.4. The van der Waals surface area contributed by atoms with Gasteiger partial charge in [-0.3, -0.25) is 4.90 Å². The lowest BCUT2D eigenvalue weighted by Crippen LogP contribution is -2.37. The highest BCUT2D eigenvalue weighted by Gasteiger charge is 2.22. The summed E-state index contributed by atoms with van der Waals surface area (Å²) in [6.07, 6.45) is 2.32. The number of aromatic nitrogens is 2. The van der Waals surface area contributed by atoms with E-state index in [1.54, 1.807) is 30.6 Å². The second kappa shape index (κ2) is 8.28. The molecule has 2 heterocycles. The Balaban J connectivity index is 1.55. The Morgan fingerprint density at radius 2 is 2.24 bits per heavy atom. The molecule has 3 rings (SSSR count). The van der Waals surface area contributed by atoms with E-state index in [1.165, 1.54) is 0 Å². The van der Waals surface area contributed by atoms with Gasteiger partial charge in [-0.1, -0.05) is 0 Å². The molecule has 0 radical (unpaired) electrons. The van der Waals surface area contributed by atoms with Crippen LogP contribution in [0, 0.1) is 24.2 Å². The van der Waals surface area contributed by atoms with E-state index in [4.69, 9.17) is 14.7 Å². The van der Waals surface area contributed by atoms with Crippen LogP contribution in [0.25, 0.3) is 0 Å². The lowest BCUT2D eigenvalue weighted by Gasteiger charge is -2.32. The average molecular weight is 358 g/mol. The Morgan fingerprint density at radius 1 is 1.36 bits per heavy atom. The smallest absolute Gasteiger partial charge is 0.162 e. The summed E-state index contributed by atoms with van der Waals surface area (Å²) in [5.41, 5.74) is 0.570. The molecule has 1 aromatic carbocycles. The number of ether oxygens (including phenoxy) is 2. The fourth-order valence-corrected chi connectivity index (χ4v) is 3.84. The number of likely N-dealkylation sites (tertiary alicyclic amines) is 1. The molecule has 2 aromatic rings. The number of hydrogen-bond donors (Lipinski definition) is 0. The number of methoxy groups -OCH3 is 1. The maximum Gasteiger partial charge on any atom is 0.162 e. The monoisotopic (exact) mass is 358 g/mol. The van der Waals surface area contributed by atoms with Crippen molar-refractivity contribution >= 4 is 11.3 Å². The summed E-state index contributed by atoms with van der Waals surface area (Å²) >= 11 is 1.66. The van der Waals surface area contributed by atoms with E-state index in [-0.39, 0.29) is 0 Å². The molecule has 7 heteroatoms. The standard InChI is InChI=1S/C18H22N4O2S/c1-13-20-21-18(25-13)11-22-7-3-4-15(10-22)12-24-16-6-5-14(9-19)8-17(16)23-2/h5-6,8,15H,3-4,7,10-12H2,1-2H3. The van der Waals surface area contributed by atoms with Crippen molar-refractivity contribution in [2.45, 2.75) is 26.3 Å². The summed E-state index contributed by atoms with van der Waals surface area (Å²) in [6, 6.07) is 7.38. The molecule has 1 atom stereocenters. The summed E-state index contributed by atoms with van der Waals surface area (Å²) in [5.74, 6) is 1.78. The van der Waals surface area contributed by atoms with Crippen molar-refractivity contribution in [3.8, 4) is 17.6 Å². The van der Waals surface area contributed by atoms with Gasteiger partial charge in [0.25, 0.3) is 0 Å². The van der Waals surface area contributed by atoms with Crippen LogP contribution >= 0.6 is 11.3 Å². The third-order valence-electron chi connectivity index (χ3n) is 4.30. The lowest BCUT2D eigenvalue weighted by atomic mass is 9.99. The van der Waals surface area contributed by atoms with E-state index in [1.807, 2.05) is 13.0 Å². The van der Waals surface area contributed by atoms with Crippen LogP contribution in [-0.2, 0) is 6.54 Å². The zero-order valence-electron chi connectivity index (χ0n) is 14.6. The van der Waals surface area contributed by atoms with E-state index in [9.17, 15) is 0 Å². The van der Waals surface area contributed by atoms with Gasteiger partial charge in [0, 0.05) is 18.5 Å². The molecule has 132 valence electrons. The van der Waals surface area contributed by atoms with E-state index in [0.717, 1.165) is 42.5 Å². The number of hydrogen-bond acceptors (Lipinski definition) is 7. The number of aryl methyl sites for hydroxylation is 1. The van der Waals surface area contributed by atoms with Crippen molar-refractivity contribution in [2.24, 2.45) is 5.92 Å². The molecule has 0 spiro atoms. The SMILES string of the molecule is COc1cc(C#N)ccc1OCC1CCCN(Cc2nnc(C)s2)C1. The van der Waals surface area contributed by atoms with Crippen molar-refractivity contribution in [3.63, 3.8) is 0 Å². The minimum absolute atomic E-state index is 0.475. The van der Waals surface area contributed by atoms with Crippen molar-refractivity contribution < 1.29 is 9.47 Å². The summed E-state index contributed by atoms with van der Waals surface area (Å²) in [5, 5.41) is 19.4. The minimum atomic E-state index is 0.475. The zero-order chi connectivity index (χ0) is 17.6. The van der Waals surface area contributed by atoms with Crippen molar-refractivity contribution in [3.05, 3.63) is 33.8 Å². The van der Waals surface area contributed by atoms with E-state index in [0.29, 0.717) is 29.6 Å². The second-order valence-electron chi connectivity index (χ2n) is 6.25. The van der Waals surface area contributed by atoms with Crippen LogP contribution in [0.2, 0.25) is 0 Å². The first-order valence-electron chi connectivity index (χ1n) is 8.40. The van der Waals surface area contributed by atoms with Gasteiger partial charge in [-0.15, -0.1) is 21.5 Å². The number of nitriles is 1. The fourth-order valence-electron chi connectivity index (χ4n) is 3.09. The molecule has 25 heavy (non-hydrogen) atoms. The van der Waals surface area contributed by atoms with Gasteiger partial charge in [-0.2, -0.15) is 5.26 Å². The number of benzene rings is 1. The molecule has 1 aliphatic rings. The number of piperidine rings is 1. The predicted octanol–water partition coefficient (Wildman–Crippen LogP) is 3.02. The van der Waals surface area contributed by atoms with Gasteiger partial charge >= 0.3 is 0 Å². The van der Waals surface area contributed by atoms with Gasteiger partial charge in [-0.25, -0.2) is 0 Å². The van der Waals surface area contributed by atoms with Crippen molar-refractivity contribution in [1.29, 1.82) is 5.26 Å². The molecule has 0 bridgehead atoms. The average Bonchev–Trinajstić information content (AvgIpc) is 3.04. The largest absolute Gasteiger partial charge is 0.493 e. The maximum absolute atomic E-state index is 8.97. The topological polar surface area (TPSA) is 71.3 Å². The third-order valence-corrected chi connectivity index (χ3v) is 5.12. The molecule has 1 unspecified atom stereocenters. The molecule has 1 aromatic heterocycles. The number of rotatable bonds is 6. The number of nitrogens with zero attached hydrogens (tertiary/aromatic N) is 4. The molecule has 0 amide bonds. The van der Waals surface area contributed by atoms with Gasteiger partial charge in [-0.05, 0) is 38.4 Å². The molecule has 1 saturated heterocycles. The lowest BCUT2D eigenvalue weighted by molar-refractivity contribution is 0.123. The fraction of sp³-hybridized carbons (Fsp3) is 0.500. The first kappa shape index (κ1) is 17.6. The molecular formula is C18H22N4O2S. The Kier molecular flexibility index (Phi) is 5.84. The highest BCUT2D eigenvalue weighted by atomic mass is 32.1. The van der Waals surface area contributed by atoms with Crippen LogP contribution in [-0.4, -0.2) is 41.9 Å². The van der Waals surface area contributed by atoms with Crippen LogP contribution in [0.3, 0.4) is 0 Å². The molecule has 0 saturated carbocycles. The Bertz CT molecular complexity index is 756. The Hall–Kier alpha value is -2.17. The van der Waals surface area contributed by atoms with Crippen molar-refractivity contribution in [1.82, 2.24) is 15.1 Å². The van der Waals surface area contributed by atoms with Crippen LogP contribution in [0.4, 0.5) is 0 Å². The first-order chi connectivity index (χ1) is 12.2. The van der Waals surface area contributed by atoms with Gasteiger partial charge in [0.2, 0.25) is 0 Å². The van der Waals surface area contributed by atoms with Crippen LogP contribution < -0.4 is 9.47 Å². The minimum Gasteiger partial charge on any atom is -0.493 e. The molecule has 6 nitrogen and oxygen atoms in total. The summed E-state index contributed by atoms with van der Waals surface area (Å²) in [6.45, 7) is 5.58. The third kappa shape index (κ3) is 4.68. The second-order valence-corrected chi connectivity index (χ2v) is 7.51. The highest BCUT2D eigenvalue weighted by Crippen LogP contribution is 2.29. The normalized spacial score (nSPS) is 17.9. The first-order valence-corrected chi connectivity index (χ1v) is 9.22. The van der Waals surface area contributed by atoms with Gasteiger partial charge in [0.1, 0.15) is 10.0 Å². The van der Waals surface area contributed by atoms with Crippen LogP contribution in [0.15, 0.2) is 18.2 Å². The van der Waals surface area contributed by atoms with E-state index in [2.05, 4.69) is 21.2 Å². The molecular weight excluding hydrogens is 336 g/mol. The van der Waals surface area contributed by atoms with Gasteiger partial charge < -0.3 is 9.47 Å². The van der Waals surface area contributed by atoms with E-state index < -0.39 is 0 Å². The molecule has 1 fully saturated rings. The predicted molar refractivity (Wildman–Crippen MR) is 95.9 cm³/mol. The molecule has 0 N–H and O–H groups in total. The van der Waals surface area contributed by atoms with E-state index >= 15 is 0 Å². The Labute approximate surface area is 152 Å². The quantitative estimate of drug-likeness (QED) is 0.790. The molecule has 0 aliphatic carbocycles. The summed E-state index contributed by atoms with van der Waals surface area (Å²) in [4.78, 5) is 2.42. The maximum atomic E-state index is 8.97. The van der Waals surface area contributed by atoms with Crippen LogP contribution in [0.1, 0.15) is 28.4 Å². The molecule has 1 aliphatic heterocycles.